The van der Waals surface area contributed by atoms with Crippen molar-refractivity contribution in [2.45, 2.75) is 69.7 Å². The van der Waals surface area contributed by atoms with Crippen molar-refractivity contribution in [2.24, 2.45) is 17.8 Å². The summed E-state index contributed by atoms with van der Waals surface area (Å²) in [6, 6.07) is 10.4. The zero-order chi connectivity index (χ0) is 39.1. The summed E-state index contributed by atoms with van der Waals surface area (Å²) in [6.07, 6.45) is -2.72. The maximum absolute atomic E-state index is 14.4. The number of aliphatic carboxylic acids is 1. The molecule has 3 aromatic rings. The first-order valence-corrected chi connectivity index (χ1v) is 20.9. The van der Waals surface area contributed by atoms with Gasteiger partial charge in [-0.2, -0.15) is 4.31 Å². The van der Waals surface area contributed by atoms with Crippen molar-refractivity contribution in [3.63, 3.8) is 0 Å². The van der Waals surface area contributed by atoms with E-state index in [0.29, 0.717) is 30.1 Å². The molecule has 0 aliphatic carbocycles. The third kappa shape index (κ3) is 10.4. The summed E-state index contributed by atoms with van der Waals surface area (Å²) in [5.74, 6) is -1.57. The summed E-state index contributed by atoms with van der Waals surface area (Å²) in [7, 11) is -4.26. The second-order valence-corrected chi connectivity index (χ2v) is 17.3. The first kappa shape index (κ1) is 40.9. The molecule has 4 heterocycles. The number of aromatic nitrogens is 1. The summed E-state index contributed by atoms with van der Waals surface area (Å²) in [5, 5.41) is 16.4. The fourth-order valence-electron chi connectivity index (χ4n) is 6.87. The fraction of sp³-hybridized carbons (Fsp3) is 0.541. The van der Waals surface area contributed by atoms with Crippen molar-refractivity contribution in [3.05, 3.63) is 64.1 Å². The van der Waals surface area contributed by atoms with Crippen molar-refractivity contribution >= 4 is 45.0 Å². The van der Waals surface area contributed by atoms with Crippen LogP contribution in [-0.4, -0.2) is 105 Å². The Morgan fingerprint density at radius 1 is 1.11 bits per heavy atom. The van der Waals surface area contributed by atoms with Crippen molar-refractivity contribution in [1.29, 1.82) is 0 Å². The average Bonchev–Trinajstić information content (AvgIpc) is 3.97. The Balaban J connectivity index is 1.32. The van der Waals surface area contributed by atoms with Gasteiger partial charge in [0.2, 0.25) is 16.8 Å². The number of carboxylic acid groups (broad SMARTS) is 1. The van der Waals surface area contributed by atoms with Gasteiger partial charge in [0.1, 0.15) is 18.5 Å². The van der Waals surface area contributed by atoms with Crippen LogP contribution in [0.25, 0.3) is 0 Å². The van der Waals surface area contributed by atoms with Crippen LogP contribution >= 0.6 is 22.9 Å². The Morgan fingerprint density at radius 3 is 2.60 bits per heavy atom. The molecule has 18 heteroatoms. The highest BCUT2D eigenvalue weighted by Crippen LogP contribution is 2.36. The Kier molecular flexibility index (Phi) is 13.8. The Bertz CT molecular complexity index is 1880. The molecule has 55 heavy (non-hydrogen) atoms. The largest absolute Gasteiger partial charge is 0.487 e. The number of carbonyl (C=O) groups excluding carboxylic acids is 1. The number of hydrogen-bond donors (Lipinski definition) is 2. The minimum atomic E-state index is -4.26. The third-order valence-electron chi connectivity index (χ3n) is 9.47. The van der Waals surface area contributed by atoms with E-state index in [-0.39, 0.29) is 74.5 Å². The monoisotopic (exact) mass is 823 g/mol. The number of amides is 1. The van der Waals surface area contributed by atoms with E-state index >= 15 is 0 Å². The number of hydrogen-bond acceptors (Lipinski definition) is 13. The normalized spacial score (nSPS) is 20.7. The van der Waals surface area contributed by atoms with Crippen LogP contribution in [0.15, 0.2) is 52.7 Å². The standard InChI is InChI=1S/C37H46ClN3O12S2/c1-22(2)16-41(55(45,46)27-8-9-31-32(15-27)52-21-51-31)17-29(34(35(42)43)47-13-11-38)30(40-37(44)53-33-19-50-36-28(33)10-12-48-36)14-24-4-6-26(7-5-24)49-18-25-20-54-23(3)39-25/h4-9,15,20,22,28-30,33-34,36H,10-14,16-19,21H2,1-3H3,(H,40,44)(H,42,43)/t28-,29+,30?,33-,34-,36+/m0/s1. The number of sulfonamides is 1. The van der Waals surface area contributed by atoms with Gasteiger partial charge in [-0.3, -0.25) is 0 Å². The van der Waals surface area contributed by atoms with Crippen LogP contribution in [0.5, 0.6) is 17.2 Å². The van der Waals surface area contributed by atoms with Crippen LogP contribution in [0.4, 0.5) is 4.79 Å². The molecule has 0 bridgehead atoms. The smallest absolute Gasteiger partial charge is 0.407 e. The van der Waals surface area contributed by atoms with Gasteiger partial charge in [0.15, 0.2) is 23.9 Å². The summed E-state index contributed by atoms with van der Waals surface area (Å²) < 4.78 is 69.8. The SMILES string of the molecule is Cc1nc(COc2ccc(CC(NC(=O)O[C@H]3CO[C@H]4OCC[C@H]43)[C@@H](CN(CC(C)C)S(=O)(=O)c3ccc4c(c3)OCO4)[C@H](OCCCl)C(=O)O)cc2)cs1. The van der Waals surface area contributed by atoms with Crippen molar-refractivity contribution in [3.8, 4) is 17.2 Å². The summed E-state index contributed by atoms with van der Waals surface area (Å²) in [4.78, 5) is 31.1. The highest BCUT2D eigenvalue weighted by atomic mass is 35.5. The molecule has 0 radical (unpaired) electrons. The van der Waals surface area contributed by atoms with Crippen molar-refractivity contribution < 1.29 is 56.3 Å². The van der Waals surface area contributed by atoms with E-state index in [1.165, 1.54) is 33.8 Å². The van der Waals surface area contributed by atoms with Gasteiger partial charge in [-0.15, -0.1) is 22.9 Å². The molecule has 1 amide bonds. The van der Waals surface area contributed by atoms with Crippen LogP contribution in [0.2, 0.25) is 0 Å². The lowest BCUT2D eigenvalue weighted by atomic mass is 9.88. The molecule has 300 valence electrons. The number of carbonyl (C=O) groups is 2. The number of fused-ring (bicyclic) bond motifs is 2. The number of rotatable bonds is 19. The Labute approximate surface area is 329 Å². The van der Waals surface area contributed by atoms with Crippen LogP contribution < -0.4 is 19.5 Å². The number of alkyl halides is 1. The zero-order valence-electron chi connectivity index (χ0n) is 30.8. The first-order chi connectivity index (χ1) is 26.4. The molecule has 2 aromatic carbocycles. The van der Waals surface area contributed by atoms with Crippen LogP contribution in [0, 0.1) is 24.7 Å². The van der Waals surface area contributed by atoms with E-state index in [9.17, 15) is 23.1 Å². The lowest BCUT2D eigenvalue weighted by molar-refractivity contribution is -0.155. The molecule has 3 aliphatic heterocycles. The second-order valence-electron chi connectivity index (χ2n) is 13.9. The van der Waals surface area contributed by atoms with Crippen molar-refractivity contribution in [2.75, 3.05) is 45.6 Å². The van der Waals surface area contributed by atoms with E-state index in [4.69, 9.17) is 44.8 Å². The highest BCUT2D eigenvalue weighted by Gasteiger charge is 2.45. The Hall–Kier alpha value is -3.71. The number of nitrogens with zero attached hydrogens (tertiary/aromatic N) is 2. The molecule has 0 spiro atoms. The number of aryl methyl sites for hydroxylation is 1. The van der Waals surface area contributed by atoms with Gasteiger partial charge in [-0.05, 0) is 55.5 Å². The molecule has 0 saturated carbocycles. The molecule has 1 aromatic heterocycles. The molecule has 6 rings (SSSR count). The lowest BCUT2D eigenvalue weighted by Crippen LogP contribution is -2.55. The molecule has 3 aliphatic rings. The van der Waals surface area contributed by atoms with E-state index in [1.807, 2.05) is 26.2 Å². The number of ether oxygens (including phenoxy) is 7. The number of thiazole rings is 1. The van der Waals surface area contributed by atoms with E-state index in [1.54, 1.807) is 24.3 Å². The summed E-state index contributed by atoms with van der Waals surface area (Å²) in [5.41, 5.74) is 1.51. The molecular weight excluding hydrogens is 778 g/mol. The number of alkyl carbamates (subject to hydrolysis) is 1. The second kappa shape index (κ2) is 18.5. The predicted molar refractivity (Wildman–Crippen MR) is 200 cm³/mol. The fourth-order valence-corrected chi connectivity index (χ4v) is 9.21. The van der Waals surface area contributed by atoms with Gasteiger partial charge in [0.05, 0.1) is 41.3 Å². The maximum atomic E-state index is 14.4. The molecule has 2 saturated heterocycles. The predicted octanol–water partition coefficient (Wildman–Crippen LogP) is 4.83. The summed E-state index contributed by atoms with van der Waals surface area (Å²) >= 11 is 7.50. The topological polar surface area (TPSA) is 181 Å². The van der Waals surface area contributed by atoms with Gasteiger partial charge < -0.3 is 43.6 Å². The van der Waals surface area contributed by atoms with Crippen LogP contribution in [-0.2, 0) is 46.8 Å². The van der Waals surface area contributed by atoms with E-state index in [0.717, 1.165) is 10.7 Å². The lowest BCUT2D eigenvalue weighted by Gasteiger charge is -2.36. The minimum Gasteiger partial charge on any atom is -0.487 e. The van der Waals surface area contributed by atoms with E-state index in [2.05, 4.69) is 10.3 Å². The van der Waals surface area contributed by atoms with Crippen LogP contribution in [0.3, 0.4) is 0 Å². The molecule has 1 unspecified atom stereocenters. The van der Waals surface area contributed by atoms with E-state index < -0.39 is 52.5 Å². The Morgan fingerprint density at radius 2 is 1.89 bits per heavy atom. The van der Waals surface area contributed by atoms with Gasteiger partial charge >= 0.3 is 12.1 Å². The average molecular weight is 824 g/mol. The summed E-state index contributed by atoms with van der Waals surface area (Å²) in [6.45, 7) is 6.02. The van der Waals surface area contributed by atoms with Gasteiger partial charge in [0.25, 0.3) is 0 Å². The number of carboxylic acids is 1. The van der Waals surface area contributed by atoms with Gasteiger partial charge in [-0.25, -0.2) is 23.0 Å². The number of benzene rings is 2. The number of nitrogens with one attached hydrogen (secondary N) is 1. The van der Waals surface area contributed by atoms with Gasteiger partial charge in [0, 0.05) is 42.4 Å². The molecule has 2 N–H and O–H groups in total. The van der Waals surface area contributed by atoms with Crippen LogP contribution in [0.1, 0.15) is 36.5 Å². The molecule has 2 fully saturated rings. The molecular formula is C37H46ClN3O12S2. The quantitative estimate of drug-likeness (QED) is 0.157. The first-order valence-electron chi connectivity index (χ1n) is 18.0. The third-order valence-corrected chi connectivity index (χ3v) is 12.3. The minimum absolute atomic E-state index is 0.0178. The molecule has 15 nitrogen and oxygen atoms in total. The van der Waals surface area contributed by atoms with Crippen molar-refractivity contribution in [1.82, 2.24) is 14.6 Å². The van der Waals surface area contributed by atoms with Gasteiger partial charge in [-0.1, -0.05) is 26.0 Å². The zero-order valence-corrected chi connectivity index (χ0v) is 33.1. The molecule has 6 atom stereocenters. The highest BCUT2D eigenvalue weighted by molar-refractivity contribution is 7.89. The maximum Gasteiger partial charge on any atom is 0.407 e. The number of halogens is 1.